The minimum atomic E-state index is -4.62. The Labute approximate surface area is 213 Å². The zero-order valence-corrected chi connectivity index (χ0v) is 23.7. The third-order valence-electron chi connectivity index (χ3n) is 5.97. The summed E-state index contributed by atoms with van der Waals surface area (Å²) in [6.07, 6.45) is 22.4. The molecule has 34 heavy (non-hydrogen) atoms. The molecule has 2 N–H and O–H groups in total. The highest BCUT2D eigenvalue weighted by Crippen LogP contribution is 2.42. The normalized spacial score (nSPS) is 14.2. The predicted octanol–water partition coefficient (Wildman–Crippen LogP) is 9.05. The van der Waals surface area contributed by atoms with Crippen molar-refractivity contribution in [3.63, 3.8) is 0 Å². The van der Waals surface area contributed by atoms with Crippen LogP contribution in [-0.4, -0.2) is 46.5 Å². The van der Waals surface area contributed by atoms with Crippen LogP contribution < -0.4 is 0 Å². The summed E-state index contributed by atoms with van der Waals surface area (Å²) in [7, 11) is -4.62. The van der Waals surface area contributed by atoms with Crippen molar-refractivity contribution in [2.45, 2.75) is 136 Å². The maximum atomic E-state index is 11.6. The quantitative estimate of drug-likeness (QED) is 0.0817. The van der Waals surface area contributed by atoms with Crippen LogP contribution in [0.4, 0.5) is 4.79 Å². The Morgan fingerprint density at radius 2 is 1.21 bits per heavy atom. The first-order valence-corrected chi connectivity index (χ1v) is 16.6. The lowest BCUT2D eigenvalue weighted by Gasteiger charge is -2.18. The third-order valence-corrected chi connectivity index (χ3v) is 8.14. The maximum Gasteiger partial charge on any atom is 0.435 e. The van der Waals surface area contributed by atoms with E-state index >= 15 is 0 Å². The Hall–Kier alpha value is -0.0700. The number of carboxylic acid groups (broad SMARTS) is 1. The van der Waals surface area contributed by atoms with Crippen LogP contribution in [0.25, 0.3) is 0 Å². The lowest BCUT2D eigenvalue weighted by atomic mass is 10.1. The molecule has 6 nitrogen and oxygen atoms in total. The Morgan fingerprint density at radius 3 is 1.68 bits per heavy atom. The van der Waals surface area contributed by atoms with Crippen LogP contribution in [0.2, 0.25) is 0 Å². The molecule has 0 aliphatic heterocycles. The smallest absolute Gasteiger partial charge is 0.435 e. The highest BCUT2D eigenvalue weighted by atomic mass is 32.2. The van der Waals surface area contributed by atoms with Crippen LogP contribution in [0.5, 0.6) is 0 Å². The fourth-order valence-electron chi connectivity index (χ4n) is 3.78. The Bertz CT molecular complexity index is 506. The molecule has 0 radical (unpaired) electrons. The van der Waals surface area contributed by atoms with Gasteiger partial charge in [-0.2, -0.15) is 11.8 Å². The van der Waals surface area contributed by atoms with Gasteiger partial charge in [0, 0.05) is 12.4 Å². The molecular formula is C26H53O6PS. The van der Waals surface area contributed by atoms with E-state index < -0.39 is 13.3 Å². The average Bonchev–Trinajstić information content (AvgIpc) is 2.81. The molecule has 0 aliphatic rings. The summed E-state index contributed by atoms with van der Waals surface area (Å²) in [5, 5.41) is 8.81. The number of hydrogen-bond acceptors (Lipinski definition) is 5. The number of hydrogen-bond donors (Lipinski definition) is 2. The molecule has 0 aliphatic carbocycles. The zero-order valence-electron chi connectivity index (χ0n) is 22.0. The van der Waals surface area contributed by atoms with Crippen LogP contribution in [-0.2, 0) is 13.8 Å². The molecule has 8 heteroatoms. The van der Waals surface area contributed by atoms with E-state index in [1.165, 1.54) is 96.3 Å². The van der Waals surface area contributed by atoms with Crippen molar-refractivity contribution in [3.05, 3.63) is 0 Å². The second-order valence-corrected chi connectivity index (χ2v) is 12.2. The molecule has 2 atom stereocenters. The molecule has 0 saturated carbocycles. The summed E-state index contributed by atoms with van der Waals surface area (Å²) in [5.74, 6) is 1.66. The molecule has 0 aromatic carbocycles. The van der Waals surface area contributed by atoms with E-state index in [9.17, 15) is 14.3 Å². The number of thioether (sulfide) groups is 1. The molecule has 0 bridgehead atoms. The SMILES string of the molecule is CCCCCCCCCCCCSCC(COP(=O)(O)C(=O)O)OCCCCCCCCCC. The average molecular weight is 525 g/mol. The van der Waals surface area contributed by atoms with Gasteiger partial charge >= 0.3 is 13.3 Å². The fraction of sp³-hybridized carbons (Fsp3) is 0.962. The van der Waals surface area contributed by atoms with Gasteiger partial charge in [-0.25, -0.2) is 9.36 Å². The van der Waals surface area contributed by atoms with Crippen molar-refractivity contribution in [1.29, 1.82) is 0 Å². The van der Waals surface area contributed by atoms with Gasteiger partial charge in [0.15, 0.2) is 0 Å². The molecule has 0 rings (SSSR count). The largest absolute Gasteiger partial charge is 0.472 e. The van der Waals surface area contributed by atoms with Gasteiger partial charge in [-0.05, 0) is 18.6 Å². The second kappa shape index (κ2) is 24.6. The molecule has 0 aromatic rings. The van der Waals surface area contributed by atoms with Crippen molar-refractivity contribution in [2.24, 2.45) is 0 Å². The van der Waals surface area contributed by atoms with Gasteiger partial charge in [0.05, 0.1) is 12.7 Å². The van der Waals surface area contributed by atoms with Crippen molar-refractivity contribution in [2.75, 3.05) is 24.7 Å². The van der Waals surface area contributed by atoms with Crippen molar-refractivity contribution < 1.29 is 28.6 Å². The van der Waals surface area contributed by atoms with E-state index in [1.807, 2.05) is 0 Å². The highest BCUT2D eigenvalue weighted by molar-refractivity contribution is 7.99. The Morgan fingerprint density at radius 1 is 0.765 bits per heavy atom. The number of unbranched alkanes of at least 4 members (excludes halogenated alkanes) is 16. The summed E-state index contributed by atoms with van der Waals surface area (Å²) >= 11 is 1.75. The molecular weight excluding hydrogens is 471 g/mol. The summed E-state index contributed by atoms with van der Waals surface area (Å²) in [5.41, 5.74) is -1.81. The predicted molar refractivity (Wildman–Crippen MR) is 145 cm³/mol. The molecule has 0 aromatic heterocycles. The van der Waals surface area contributed by atoms with Crippen molar-refractivity contribution in [1.82, 2.24) is 0 Å². The van der Waals surface area contributed by atoms with E-state index in [-0.39, 0.29) is 12.7 Å². The van der Waals surface area contributed by atoms with Crippen LogP contribution in [0.1, 0.15) is 129 Å². The summed E-state index contributed by atoms with van der Waals surface area (Å²) < 4.78 is 22.3. The second-order valence-electron chi connectivity index (χ2n) is 9.32. The first kappa shape index (κ1) is 33.9. The molecule has 0 heterocycles. The standard InChI is InChI=1S/C26H53O6PS/c1-3-5-7-9-11-13-14-16-18-20-22-34-24-25(23-32-33(29,30)26(27)28)31-21-19-17-15-12-10-8-6-4-2/h25H,3-24H2,1-2H3,(H,27,28)(H,29,30). The third kappa shape index (κ3) is 22.4. The van der Waals surface area contributed by atoms with Gasteiger partial charge < -0.3 is 14.7 Å². The lowest BCUT2D eigenvalue weighted by Crippen LogP contribution is -2.23. The minimum Gasteiger partial charge on any atom is -0.472 e. The molecule has 2 unspecified atom stereocenters. The monoisotopic (exact) mass is 524 g/mol. The maximum absolute atomic E-state index is 11.6. The first-order valence-electron chi connectivity index (χ1n) is 13.8. The first-order chi connectivity index (χ1) is 16.4. The minimum absolute atomic E-state index is 0.165. The fourth-order valence-corrected chi connectivity index (χ4v) is 5.29. The topological polar surface area (TPSA) is 93.1 Å². The number of carbonyl (C=O) groups is 1. The summed E-state index contributed by atoms with van der Waals surface area (Å²) in [4.78, 5) is 20.3. The van der Waals surface area contributed by atoms with Gasteiger partial charge in [-0.3, -0.25) is 4.52 Å². The van der Waals surface area contributed by atoms with E-state index in [2.05, 4.69) is 13.8 Å². The Balaban J connectivity index is 3.96. The molecule has 0 saturated heterocycles. The summed E-state index contributed by atoms with van der Waals surface area (Å²) in [6, 6.07) is 0. The number of rotatable bonds is 27. The van der Waals surface area contributed by atoms with Crippen LogP contribution >= 0.6 is 19.4 Å². The van der Waals surface area contributed by atoms with E-state index in [1.54, 1.807) is 11.8 Å². The van der Waals surface area contributed by atoms with Gasteiger partial charge in [-0.1, -0.05) is 117 Å². The molecule has 0 fully saturated rings. The molecule has 204 valence electrons. The van der Waals surface area contributed by atoms with Gasteiger partial charge in [0.1, 0.15) is 0 Å². The van der Waals surface area contributed by atoms with E-state index in [4.69, 9.17) is 14.4 Å². The molecule has 0 spiro atoms. The van der Waals surface area contributed by atoms with Gasteiger partial charge in [-0.15, -0.1) is 0 Å². The van der Waals surface area contributed by atoms with Gasteiger partial charge in [0.25, 0.3) is 0 Å². The zero-order chi connectivity index (χ0) is 25.3. The summed E-state index contributed by atoms with van der Waals surface area (Å²) in [6.45, 7) is 4.88. The van der Waals surface area contributed by atoms with E-state index in [0.717, 1.165) is 25.0 Å². The highest BCUT2D eigenvalue weighted by Gasteiger charge is 2.31. The Kier molecular flexibility index (Phi) is 24.6. The van der Waals surface area contributed by atoms with Crippen LogP contribution in [0.3, 0.4) is 0 Å². The lowest BCUT2D eigenvalue weighted by molar-refractivity contribution is 0.0303. The van der Waals surface area contributed by atoms with E-state index in [0.29, 0.717) is 12.4 Å². The van der Waals surface area contributed by atoms with Gasteiger partial charge in [0.2, 0.25) is 0 Å². The van der Waals surface area contributed by atoms with Crippen LogP contribution in [0, 0.1) is 0 Å². The number of ether oxygens (including phenoxy) is 1. The molecule has 0 amide bonds. The van der Waals surface area contributed by atoms with Crippen molar-refractivity contribution >= 4 is 25.1 Å². The van der Waals surface area contributed by atoms with Crippen LogP contribution in [0.15, 0.2) is 0 Å². The van der Waals surface area contributed by atoms with Crippen molar-refractivity contribution in [3.8, 4) is 0 Å².